The highest BCUT2D eigenvalue weighted by Crippen LogP contribution is 2.24. The van der Waals surface area contributed by atoms with Gasteiger partial charge in [-0.05, 0) is 24.6 Å². The molecule has 0 radical (unpaired) electrons. The van der Waals surface area contributed by atoms with E-state index < -0.39 is 0 Å². The predicted octanol–water partition coefficient (Wildman–Crippen LogP) is 4.78. The summed E-state index contributed by atoms with van der Waals surface area (Å²) in [5.41, 5.74) is 3.80. The van der Waals surface area contributed by atoms with Gasteiger partial charge in [0.25, 0.3) is 0 Å². The van der Waals surface area contributed by atoms with E-state index in [2.05, 4.69) is 10.3 Å². The average molecular weight is 337 g/mol. The van der Waals surface area contributed by atoms with Crippen molar-refractivity contribution < 1.29 is 4.79 Å². The molecule has 1 heterocycles. The highest BCUT2D eigenvalue weighted by atomic mass is 32.1. The standard InChI is InChI=1S/C19H19N3OS/c1-14-20-18(13-24-14)16-9-6-10-17(11-16)21-19(23)22(2)12-15-7-4-3-5-8-15/h3-11,13H,12H2,1-2H3,(H,21,23). The van der Waals surface area contributed by atoms with Gasteiger partial charge >= 0.3 is 6.03 Å². The van der Waals surface area contributed by atoms with Crippen LogP contribution in [0.1, 0.15) is 10.6 Å². The number of amides is 2. The molecule has 2 aromatic carbocycles. The summed E-state index contributed by atoms with van der Waals surface area (Å²) in [6, 6.07) is 17.6. The van der Waals surface area contributed by atoms with Crippen LogP contribution in [0.4, 0.5) is 10.5 Å². The summed E-state index contributed by atoms with van der Waals surface area (Å²) in [6.45, 7) is 2.55. The van der Waals surface area contributed by atoms with Crippen LogP contribution in [0.25, 0.3) is 11.3 Å². The van der Waals surface area contributed by atoms with Crippen molar-refractivity contribution in [3.8, 4) is 11.3 Å². The van der Waals surface area contributed by atoms with Crippen LogP contribution in [0.3, 0.4) is 0 Å². The molecule has 24 heavy (non-hydrogen) atoms. The fourth-order valence-corrected chi connectivity index (χ4v) is 3.02. The quantitative estimate of drug-likeness (QED) is 0.744. The molecule has 0 bridgehead atoms. The molecular formula is C19H19N3OS. The van der Waals surface area contributed by atoms with Crippen molar-refractivity contribution in [3.63, 3.8) is 0 Å². The van der Waals surface area contributed by atoms with Crippen molar-refractivity contribution in [2.75, 3.05) is 12.4 Å². The number of urea groups is 1. The monoisotopic (exact) mass is 337 g/mol. The van der Waals surface area contributed by atoms with Gasteiger partial charge in [-0.15, -0.1) is 11.3 Å². The predicted molar refractivity (Wildman–Crippen MR) is 99.2 cm³/mol. The lowest BCUT2D eigenvalue weighted by molar-refractivity contribution is 0.220. The molecule has 0 spiro atoms. The van der Waals surface area contributed by atoms with Gasteiger partial charge in [-0.25, -0.2) is 9.78 Å². The zero-order valence-electron chi connectivity index (χ0n) is 13.7. The number of nitrogens with zero attached hydrogens (tertiary/aromatic N) is 2. The molecule has 0 aliphatic carbocycles. The third-order valence-corrected chi connectivity index (χ3v) is 4.41. The Bertz CT molecular complexity index is 829. The molecule has 1 aromatic heterocycles. The Morgan fingerprint density at radius 1 is 1.17 bits per heavy atom. The fraction of sp³-hybridized carbons (Fsp3) is 0.158. The van der Waals surface area contributed by atoms with Crippen LogP contribution in [-0.4, -0.2) is 23.0 Å². The number of nitrogens with one attached hydrogen (secondary N) is 1. The highest BCUT2D eigenvalue weighted by Gasteiger charge is 2.10. The number of hydrogen-bond donors (Lipinski definition) is 1. The normalized spacial score (nSPS) is 10.4. The largest absolute Gasteiger partial charge is 0.323 e. The van der Waals surface area contributed by atoms with Crippen LogP contribution in [0.2, 0.25) is 0 Å². The number of rotatable bonds is 4. The van der Waals surface area contributed by atoms with E-state index in [0.29, 0.717) is 6.54 Å². The van der Waals surface area contributed by atoms with Crippen LogP contribution in [0, 0.1) is 6.92 Å². The molecule has 0 fully saturated rings. The van der Waals surface area contributed by atoms with Crippen LogP contribution < -0.4 is 5.32 Å². The number of hydrogen-bond acceptors (Lipinski definition) is 3. The number of carbonyl (C=O) groups is 1. The number of anilines is 1. The van der Waals surface area contributed by atoms with Gasteiger partial charge in [-0.2, -0.15) is 0 Å². The Balaban J connectivity index is 1.68. The van der Waals surface area contributed by atoms with Gasteiger partial charge in [0.15, 0.2) is 0 Å². The highest BCUT2D eigenvalue weighted by molar-refractivity contribution is 7.09. The van der Waals surface area contributed by atoms with E-state index >= 15 is 0 Å². The molecular weight excluding hydrogens is 318 g/mol. The Morgan fingerprint density at radius 2 is 1.96 bits per heavy atom. The Labute approximate surface area is 145 Å². The minimum Gasteiger partial charge on any atom is -0.323 e. The van der Waals surface area contributed by atoms with Crippen molar-refractivity contribution >= 4 is 23.1 Å². The van der Waals surface area contributed by atoms with Crippen LogP contribution >= 0.6 is 11.3 Å². The lowest BCUT2D eigenvalue weighted by atomic mass is 10.1. The first-order valence-electron chi connectivity index (χ1n) is 7.70. The summed E-state index contributed by atoms with van der Waals surface area (Å²) in [4.78, 5) is 18.5. The van der Waals surface area contributed by atoms with Gasteiger partial charge in [0.05, 0.1) is 10.7 Å². The summed E-state index contributed by atoms with van der Waals surface area (Å²) in [6.07, 6.45) is 0. The molecule has 1 N–H and O–H groups in total. The van der Waals surface area contributed by atoms with Gasteiger partial charge in [-0.1, -0.05) is 42.5 Å². The van der Waals surface area contributed by atoms with Gasteiger partial charge in [0.1, 0.15) is 0 Å². The van der Waals surface area contributed by atoms with Gasteiger partial charge < -0.3 is 10.2 Å². The first kappa shape index (κ1) is 16.2. The second-order valence-electron chi connectivity index (χ2n) is 5.60. The number of carbonyl (C=O) groups excluding carboxylic acids is 1. The van der Waals surface area contributed by atoms with Crippen LogP contribution in [-0.2, 0) is 6.54 Å². The van der Waals surface area contributed by atoms with E-state index in [-0.39, 0.29) is 6.03 Å². The average Bonchev–Trinajstić information content (AvgIpc) is 3.02. The number of thiazole rings is 1. The maximum Gasteiger partial charge on any atom is 0.321 e. The number of aryl methyl sites for hydroxylation is 1. The SMILES string of the molecule is Cc1nc(-c2cccc(NC(=O)N(C)Cc3ccccc3)c2)cs1. The summed E-state index contributed by atoms with van der Waals surface area (Å²) in [7, 11) is 1.79. The molecule has 0 saturated carbocycles. The zero-order chi connectivity index (χ0) is 16.9. The molecule has 0 saturated heterocycles. The second-order valence-corrected chi connectivity index (χ2v) is 6.67. The topological polar surface area (TPSA) is 45.2 Å². The van der Waals surface area contributed by atoms with Crippen molar-refractivity contribution in [2.24, 2.45) is 0 Å². The molecule has 2 amide bonds. The van der Waals surface area contributed by atoms with Crippen molar-refractivity contribution in [2.45, 2.75) is 13.5 Å². The zero-order valence-corrected chi connectivity index (χ0v) is 14.5. The van der Waals surface area contributed by atoms with E-state index in [4.69, 9.17) is 0 Å². The van der Waals surface area contributed by atoms with Crippen LogP contribution in [0.5, 0.6) is 0 Å². The third kappa shape index (κ3) is 4.00. The van der Waals surface area contributed by atoms with E-state index in [0.717, 1.165) is 27.5 Å². The Morgan fingerprint density at radius 3 is 2.67 bits per heavy atom. The van der Waals surface area contributed by atoms with Crippen molar-refractivity contribution in [1.82, 2.24) is 9.88 Å². The third-order valence-electron chi connectivity index (χ3n) is 3.64. The van der Waals surface area contributed by atoms with E-state index in [1.807, 2.05) is 66.9 Å². The molecule has 5 heteroatoms. The summed E-state index contributed by atoms with van der Waals surface area (Å²) in [5.74, 6) is 0. The van der Waals surface area contributed by atoms with Gasteiger partial charge in [0, 0.05) is 30.2 Å². The Hall–Kier alpha value is -2.66. The number of aromatic nitrogens is 1. The van der Waals surface area contributed by atoms with E-state index in [9.17, 15) is 4.79 Å². The molecule has 0 aliphatic rings. The maximum atomic E-state index is 12.4. The lowest BCUT2D eigenvalue weighted by Crippen LogP contribution is -2.30. The summed E-state index contributed by atoms with van der Waals surface area (Å²) in [5, 5.41) is 6.00. The summed E-state index contributed by atoms with van der Waals surface area (Å²) >= 11 is 1.62. The molecule has 0 atom stereocenters. The van der Waals surface area contributed by atoms with Crippen molar-refractivity contribution in [1.29, 1.82) is 0 Å². The molecule has 0 aliphatic heterocycles. The van der Waals surface area contributed by atoms with Gasteiger partial charge in [0.2, 0.25) is 0 Å². The lowest BCUT2D eigenvalue weighted by Gasteiger charge is -2.18. The molecule has 3 aromatic rings. The minimum atomic E-state index is -0.134. The first-order chi connectivity index (χ1) is 11.6. The van der Waals surface area contributed by atoms with E-state index in [1.54, 1.807) is 23.3 Å². The Kier molecular flexibility index (Phi) is 4.91. The fourth-order valence-electron chi connectivity index (χ4n) is 2.40. The smallest absolute Gasteiger partial charge is 0.321 e. The molecule has 4 nitrogen and oxygen atoms in total. The summed E-state index contributed by atoms with van der Waals surface area (Å²) < 4.78 is 0. The minimum absolute atomic E-state index is 0.134. The number of benzene rings is 2. The maximum absolute atomic E-state index is 12.4. The van der Waals surface area contributed by atoms with Crippen LogP contribution in [0.15, 0.2) is 60.0 Å². The first-order valence-corrected chi connectivity index (χ1v) is 8.58. The van der Waals surface area contributed by atoms with Gasteiger partial charge in [-0.3, -0.25) is 0 Å². The second kappa shape index (κ2) is 7.27. The van der Waals surface area contributed by atoms with E-state index in [1.165, 1.54) is 0 Å². The molecule has 3 rings (SSSR count). The molecule has 0 unspecified atom stereocenters. The van der Waals surface area contributed by atoms with Crippen molar-refractivity contribution in [3.05, 3.63) is 70.5 Å². The molecule has 122 valence electrons.